The average molecular weight is 281 g/mol. The Labute approximate surface area is 120 Å². The maximum Gasteiger partial charge on any atom is 0.0533 e. The van der Waals surface area contributed by atoms with Gasteiger partial charge in [0, 0.05) is 23.0 Å². The molecule has 1 unspecified atom stereocenters. The Morgan fingerprint density at radius 2 is 1.65 bits per heavy atom. The molecule has 0 aliphatic carbocycles. The number of hydrogen-bond donors (Lipinski definition) is 0. The molecule has 2 aromatic carbocycles. The lowest BCUT2D eigenvalue weighted by atomic mass is 10.1. The summed E-state index contributed by atoms with van der Waals surface area (Å²) >= 11 is 0. The van der Waals surface area contributed by atoms with Crippen molar-refractivity contribution in [3.05, 3.63) is 72.6 Å². The molecule has 0 aliphatic rings. The molecule has 0 fully saturated rings. The highest BCUT2D eigenvalue weighted by Gasteiger charge is 2.05. The molecule has 1 atom stereocenters. The third-order valence-electron chi connectivity index (χ3n) is 3.31. The van der Waals surface area contributed by atoms with Crippen LogP contribution in [0.3, 0.4) is 0 Å². The fraction of sp³-hybridized carbons (Fsp3) is 0.118. The van der Waals surface area contributed by atoms with Crippen molar-refractivity contribution in [3.8, 4) is 0 Å². The summed E-state index contributed by atoms with van der Waals surface area (Å²) in [5, 5.41) is 2.32. The van der Waals surface area contributed by atoms with E-state index in [-0.39, 0.29) is 0 Å². The Balaban J connectivity index is 1.75. The molecule has 0 bridgehead atoms. The van der Waals surface area contributed by atoms with Crippen LogP contribution in [0.25, 0.3) is 10.8 Å². The van der Waals surface area contributed by atoms with Crippen LogP contribution < -0.4 is 0 Å². The molecule has 3 heteroatoms. The molecule has 0 saturated heterocycles. The second-order valence-corrected chi connectivity index (χ2v) is 6.23. The minimum atomic E-state index is -0.960. The number of nitrogens with zero attached hydrogens (tertiary/aromatic N) is 1. The van der Waals surface area contributed by atoms with Crippen molar-refractivity contribution in [1.82, 2.24) is 4.98 Å². The van der Waals surface area contributed by atoms with Crippen LogP contribution in [0.15, 0.2) is 71.9 Å². The van der Waals surface area contributed by atoms with Gasteiger partial charge in [0.2, 0.25) is 0 Å². The zero-order valence-corrected chi connectivity index (χ0v) is 11.8. The standard InChI is InChI=1S/C17H15NOS/c19-20(12-9-14-7-10-18-11-8-14)17-6-5-15-3-1-2-4-16(15)13-17/h1-8,10-11,13H,9,12H2. The summed E-state index contributed by atoms with van der Waals surface area (Å²) in [7, 11) is -0.960. The smallest absolute Gasteiger partial charge is 0.0533 e. The Bertz CT molecular complexity index is 740. The first-order valence-corrected chi connectivity index (χ1v) is 7.91. The number of aromatic nitrogens is 1. The van der Waals surface area contributed by atoms with Gasteiger partial charge in [-0.15, -0.1) is 0 Å². The van der Waals surface area contributed by atoms with Crippen molar-refractivity contribution in [2.24, 2.45) is 0 Å². The second-order valence-electron chi connectivity index (χ2n) is 4.66. The number of aryl methyl sites for hydroxylation is 1. The molecule has 0 saturated carbocycles. The molecule has 0 radical (unpaired) electrons. The Morgan fingerprint density at radius 3 is 2.45 bits per heavy atom. The van der Waals surface area contributed by atoms with Crippen LogP contribution in [0.1, 0.15) is 5.56 Å². The van der Waals surface area contributed by atoms with Crippen molar-refractivity contribution < 1.29 is 4.21 Å². The highest BCUT2D eigenvalue weighted by atomic mass is 32.2. The largest absolute Gasteiger partial charge is 0.265 e. The SMILES string of the molecule is O=S(CCc1ccncc1)c1ccc2ccccc2c1. The van der Waals surface area contributed by atoms with Crippen molar-refractivity contribution >= 4 is 21.6 Å². The van der Waals surface area contributed by atoms with Gasteiger partial charge in [-0.25, -0.2) is 0 Å². The van der Waals surface area contributed by atoms with Crippen LogP contribution in [0, 0.1) is 0 Å². The summed E-state index contributed by atoms with van der Waals surface area (Å²) < 4.78 is 12.4. The number of fused-ring (bicyclic) bond motifs is 1. The third-order valence-corrected chi connectivity index (χ3v) is 4.66. The summed E-state index contributed by atoms with van der Waals surface area (Å²) in [6, 6.07) is 18.1. The first kappa shape index (κ1) is 13.0. The van der Waals surface area contributed by atoms with E-state index in [4.69, 9.17) is 0 Å². The number of pyridine rings is 1. The number of hydrogen-bond acceptors (Lipinski definition) is 2. The van der Waals surface area contributed by atoms with Gasteiger partial charge in [0.15, 0.2) is 0 Å². The van der Waals surface area contributed by atoms with E-state index in [0.29, 0.717) is 5.75 Å². The van der Waals surface area contributed by atoms with Gasteiger partial charge in [-0.1, -0.05) is 30.3 Å². The Kier molecular flexibility index (Phi) is 3.88. The van der Waals surface area contributed by atoms with E-state index in [0.717, 1.165) is 16.7 Å². The first-order valence-electron chi connectivity index (χ1n) is 6.59. The first-order chi connectivity index (χ1) is 9.83. The van der Waals surface area contributed by atoms with Crippen LogP contribution in [0.4, 0.5) is 0 Å². The van der Waals surface area contributed by atoms with Crippen LogP contribution in [0.2, 0.25) is 0 Å². The quantitative estimate of drug-likeness (QED) is 0.731. The predicted molar refractivity (Wildman–Crippen MR) is 83.2 cm³/mol. The lowest BCUT2D eigenvalue weighted by Crippen LogP contribution is -2.01. The summed E-state index contributed by atoms with van der Waals surface area (Å²) in [4.78, 5) is 4.89. The third kappa shape index (κ3) is 2.94. The van der Waals surface area contributed by atoms with Crippen molar-refractivity contribution in [1.29, 1.82) is 0 Å². The van der Waals surface area contributed by atoms with E-state index in [1.807, 2.05) is 42.5 Å². The summed E-state index contributed by atoms with van der Waals surface area (Å²) in [5.74, 6) is 0.641. The van der Waals surface area contributed by atoms with E-state index in [1.165, 1.54) is 10.9 Å². The molecule has 20 heavy (non-hydrogen) atoms. The minimum absolute atomic E-state index is 0.641. The maximum atomic E-state index is 12.4. The van der Waals surface area contributed by atoms with Gasteiger partial charge in [0.25, 0.3) is 0 Å². The molecule has 2 nitrogen and oxygen atoms in total. The van der Waals surface area contributed by atoms with Crippen LogP contribution in [-0.2, 0) is 17.2 Å². The Morgan fingerprint density at radius 1 is 0.900 bits per heavy atom. The number of rotatable bonds is 4. The minimum Gasteiger partial charge on any atom is -0.265 e. The van der Waals surface area contributed by atoms with E-state index in [9.17, 15) is 4.21 Å². The normalized spacial score (nSPS) is 12.4. The molecule has 0 spiro atoms. The molecular weight excluding hydrogens is 266 g/mol. The van der Waals surface area contributed by atoms with Crippen molar-refractivity contribution in [2.75, 3.05) is 5.75 Å². The zero-order valence-electron chi connectivity index (χ0n) is 11.0. The fourth-order valence-electron chi connectivity index (χ4n) is 2.19. The van der Waals surface area contributed by atoms with E-state index in [2.05, 4.69) is 17.1 Å². The molecule has 1 heterocycles. The monoisotopic (exact) mass is 281 g/mol. The van der Waals surface area contributed by atoms with Gasteiger partial charge in [-0.2, -0.15) is 0 Å². The number of benzene rings is 2. The van der Waals surface area contributed by atoms with Crippen molar-refractivity contribution in [2.45, 2.75) is 11.3 Å². The lowest BCUT2D eigenvalue weighted by molar-refractivity contribution is 0.682. The highest BCUT2D eigenvalue weighted by molar-refractivity contribution is 7.85. The van der Waals surface area contributed by atoms with Gasteiger partial charge < -0.3 is 0 Å². The average Bonchev–Trinajstić information content (AvgIpc) is 2.53. The van der Waals surface area contributed by atoms with Gasteiger partial charge >= 0.3 is 0 Å². The summed E-state index contributed by atoms with van der Waals surface area (Å²) in [5.41, 5.74) is 1.18. The van der Waals surface area contributed by atoms with Crippen LogP contribution in [-0.4, -0.2) is 14.9 Å². The molecule has 1 aromatic heterocycles. The topological polar surface area (TPSA) is 30.0 Å². The van der Waals surface area contributed by atoms with Crippen LogP contribution >= 0.6 is 0 Å². The molecular formula is C17H15NOS. The highest BCUT2D eigenvalue weighted by Crippen LogP contribution is 2.18. The van der Waals surface area contributed by atoms with Gasteiger partial charge in [-0.3, -0.25) is 9.19 Å². The molecule has 100 valence electrons. The lowest BCUT2D eigenvalue weighted by Gasteiger charge is -2.04. The van der Waals surface area contributed by atoms with Gasteiger partial charge in [-0.05, 0) is 47.0 Å². The van der Waals surface area contributed by atoms with E-state index >= 15 is 0 Å². The summed E-state index contributed by atoms with van der Waals surface area (Å²) in [6.45, 7) is 0. The van der Waals surface area contributed by atoms with E-state index < -0.39 is 10.8 Å². The maximum absolute atomic E-state index is 12.4. The van der Waals surface area contributed by atoms with Crippen molar-refractivity contribution in [3.63, 3.8) is 0 Å². The molecule has 0 amide bonds. The predicted octanol–water partition coefficient (Wildman–Crippen LogP) is 3.59. The van der Waals surface area contributed by atoms with Gasteiger partial charge in [0.1, 0.15) is 0 Å². The Hall–Kier alpha value is -2.00. The fourth-order valence-corrected chi connectivity index (χ4v) is 3.32. The zero-order chi connectivity index (χ0) is 13.8. The molecule has 3 aromatic rings. The summed E-state index contributed by atoms with van der Waals surface area (Å²) in [6.07, 6.45) is 4.35. The van der Waals surface area contributed by atoms with E-state index in [1.54, 1.807) is 12.4 Å². The van der Waals surface area contributed by atoms with Crippen LogP contribution in [0.5, 0.6) is 0 Å². The van der Waals surface area contributed by atoms with Gasteiger partial charge in [0.05, 0.1) is 10.8 Å². The second kappa shape index (κ2) is 5.97. The molecule has 3 rings (SSSR count). The molecule has 0 N–H and O–H groups in total. The molecule has 0 aliphatic heterocycles.